The lowest BCUT2D eigenvalue weighted by Crippen LogP contribution is -2.35. The van der Waals surface area contributed by atoms with Crippen LogP contribution < -0.4 is 10.4 Å². The molecular formula is C14H9BrNO4-. The molecule has 1 heterocycles. The number of carbonyl (C=O) groups excluding carboxylic acids is 2. The summed E-state index contributed by atoms with van der Waals surface area (Å²) in [6.45, 7) is 0. The molecule has 0 radical (unpaired) electrons. The Morgan fingerprint density at radius 2 is 1.85 bits per heavy atom. The van der Waals surface area contributed by atoms with Crippen molar-refractivity contribution in [3.8, 4) is 0 Å². The van der Waals surface area contributed by atoms with E-state index < -0.39 is 11.9 Å². The van der Waals surface area contributed by atoms with E-state index in [4.69, 9.17) is 4.42 Å². The first kappa shape index (κ1) is 14.1. The molecule has 0 aliphatic carbocycles. The Hall–Kier alpha value is -2.34. The van der Waals surface area contributed by atoms with E-state index in [9.17, 15) is 14.7 Å². The zero-order valence-corrected chi connectivity index (χ0v) is 11.7. The highest BCUT2D eigenvalue weighted by atomic mass is 79.9. The number of benzene rings is 1. The third kappa shape index (κ3) is 3.58. The van der Waals surface area contributed by atoms with E-state index in [0.717, 1.165) is 0 Å². The second-order valence-electron chi connectivity index (χ2n) is 3.81. The lowest BCUT2D eigenvalue weighted by molar-refractivity contribution is -0.299. The summed E-state index contributed by atoms with van der Waals surface area (Å²) in [5.74, 6) is -2.15. The molecule has 6 heteroatoms. The first-order chi connectivity index (χ1) is 9.56. The highest BCUT2D eigenvalue weighted by molar-refractivity contribution is 9.10. The van der Waals surface area contributed by atoms with Crippen LogP contribution in [0.4, 0.5) is 0 Å². The SMILES string of the molecule is O=C([O-])/C(=C\c1ccccc1)NC(=O)c1ccc(Br)o1. The summed E-state index contributed by atoms with van der Waals surface area (Å²) in [4.78, 5) is 22.8. The van der Waals surface area contributed by atoms with E-state index in [1.807, 2.05) is 0 Å². The lowest BCUT2D eigenvalue weighted by Gasteiger charge is -2.09. The van der Waals surface area contributed by atoms with Crippen molar-refractivity contribution in [1.29, 1.82) is 0 Å². The van der Waals surface area contributed by atoms with Gasteiger partial charge in [0.15, 0.2) is 10.4 Å². The summed E-state index contributed by atoms with van der Waals surface area (Å²) in [5.41, 5.74) is 0.293. The average molecular weight is 335 g/mol. The highest BCUT2D eigenvalue weighted by Crippen LogP contribution is 2.14. The molecule has 20 heavy (non-hydrogen) atoms. The second-order valence-corrected chi connectivity index (χ2v) is 4.60. The summed E-state index contributed by atoms with van der Waals surface area (Å²) < 4.78 is 5.42. The van der Waals surface area contributed by atoms with Gasteiger partial charge in [-0.2, -0.15) is 0 Å². The largest absolute Gasteiger partial charge is 0.543 e. The Bertz CT molecular complexity index is 661. The Kier molecular flexibility index (Phi) is 4.37. The third-order valence-corrected chi connectivity index (χ3v) is 2.80. The van der Waals surface area contributed by atoms with Crippen molar-refractivity contribution in [2.45, 2.75) is 0 Å². The van der Waals surface area contributed by atoms with Gasteiger partial charge < -0.3 is 19.6 Å². The van der Waals surface area contributed by atoms with Crippen LogP contribution in [-0.2, 0) is 4.79 Å². The summed E-state index contributed by atoms with van der Waals surface area (Å²) >= 11 is 3.06. The van der Waals surface area contributed by atoms with Crippen LogP contribution in [0.3, 0.4) is 0 Å². The van der Waals surface area contributed by atoms with Crippen LogP contribution in [0.5, 0.6) is 0 Å². The molecule has 1 amide bonds. The molecule has 0 saturated carbocycles. The second kappa shape index (κ2) is 6.21. The zero-order valence-electron chi connectivity index (χ0n) is 10.1. The molecule has 0 spiro atoms. The quantitative estimate of drug-likeness (QED) is 0.860. The summed E-state index contributed by atoms with van der Waals surface area (Å²) in [5, 5.41) is 13.3. The fraction of sp³-hybridized carbons (Fsp3) is 0. The molecule has 1 N–H and O–H groups in total. The Labute approximate surface area is 123 Å². The maximum Gasteiger partial charge on any atom is 0.291 e. The van der Waals surface area contributed by atoms with Crippen LogP contribution in [0.1, 0.15) is 16.1 Å². The van der Waals surface area contributed by atoms with Crippen LogP contribution >= 0.6 is 15.9 Å². The van der Waals surface area contributed by atoms with Crippen molar-refractivity contribution in [1.82, 2.24) is 5.32 Å². The van der Waals surface area contributed by atoms with Gasteiger partial charge in [0.2, 0.25) is 0 Å². The van der Waals surface area contributed by atoms with Crippen molar-refractivity contribution in [2.75, 3.05) is 0 Å². The Morgan fingerprint density at radius 3 is 2.40 bits per heavy atom. The van der Waals surface area contributed by atoms with Crippen molar-refractivity contribution < 1.29 is 19.1 Å². The maximum absolute atomic E-state index is 11.8. The molecule has 0 aliphatic rings. The van der Waals surface area contributed by atoms with E-state index in [1.165, 1.54) is 18.2 Å². The molecule has 102 valence electrons. The van der Waals surface area contributed by atoms with Crippen molar-refractivity contribution in [2.24, 2.45) is 0 Å². The van der Waals surface area contributed by atoms with Gasteiger partial charge in [-0.1, -0.05) is 30.3 Å². The fourth-order valence-electron chi connectivity index (χ4n) is 1.48. The number of rotatable bonds is 4. The molecule has 5 nitrogen and oxygen atoms in total. The van der Waals surface area contributed by atoms with E-state index in [2.05, 4.69) is 21.2 Å². The van der Waals surface area contributed by atoms with Gasteiger partial charge in [0.05, 0.1) is 11.7 Å². The predicted octanol–water partition coefficient (Wildman–Crippen LogP) is 1.56. The Balaban J connectivity index is 2.20. The molecule has 1 aromatic carbocycles. The molecule has 2 aromatic rings. The topological polar surface area (TPSA) is 82.4 Å². The number of halogens is 1. The molecule has 0 unspecified atom stereocenters. The number of carboxylic acid groups (broad SMARTS) is 1. The van der Waals surface area contributed by atoms with Gasteiger partial charge in [0.25, 0.3) is 5.91 Å². The predicted molar refractivity (Wildman–Crippen MR) is 73.3 cm³/mol. The summed E-state index contributed by atoms with van der Waals surface area (Å²) in [6, 6.07) is 11.7. The lowest BCUT2D eigenvalue weighted by atomic mass is 10.2. The van der Waals surface area contributed by atoms with Crippen molar-refractivity contribution in [3.05, 3.63) is 64.2 Å². The number of amides is 1. The molecule has 2 rings (SSSR count). The van der Waals surface area contributed by atoms with E-state index in [-0.39, 0.29) is 11.5 Å². The smallest absolute Gasteiger partial charge is 0.291 e. The molecule has 0 fully saturated rings. The van der Waals surface area contributed by atoms with E-state index in [1.54, 1.807) is 30.3 Å². The van der Waals surface area contributed by atoms with Gasteiger partial charge in [-0.15, -0.1) is 0 Å². The van der Waals surface area contributed by atoms with Crippen LogP contribution in [-0.4, -0.2) is 11.9 Å². The number of hydrogen-bond donors (Lipinski definition) is 1. The normalized spacial score (nSPS) is 11.2. The van der Waals surface area contributed by atoms with Crippen LogP contribution in [0.2, 0.25) is 0 Å². The fourth-order valence-corrected chi connectivity index (χ4v) is 1.79. The minimum absolute atomic E-state index is 0.00270. The van der Waals surface area contributed by atoms with E-state index >= 15 is 0 Å². The third-order valence-electron chi connectivity index (χ3n) is 2.38. The number of aliphatic carboxylic acids is 1. The monoisotopic (exact) mass is 334 g/mol. The molecule has 0 aliphatic heterocycles. The minimum Gasteiger partial charge on any atom is -0.543 e. The summed E-state index contributed by atoms with van der Waals surface area (Å²) in [6.07, 6.45) is 1.31. The number of furan rings is 1. The first-order valence-corrected chi connectivity index (χ1v) is 6.40. The minimum atomic E-state index is -1.48. The van der Waals surface area contributed by atoms with Gasteiger partial charge in [0, 0.05) is 0 Å². The van der Waals surface area contributed by atoms with Gasteiger partial charge >= 0.3 is 0 Å². The first-order valence-electron chi connectivity index (χ1n) is 5.61. The van der Waals surface area contributed by atoms with Gasteiger partial charge in [0.1, 0.15) is 0 Å². The van der Waals surface area contributed by atoms with Gasteiger partial charge in [-0.05, 0) is 39.7 Å². The molecule has 1 aromatic heterocycles. The van der Waals surface area contributed by atoms with Crippen LogP contribution in [0, 0.1) is 0 Å². The molecule has 0 bridgehead atoms. The Morgan fingerprint density at radius 1 is 1.15 bits per heavy atom. The van der Waals surface area contributed by atoms with Crippen LogP contribution in [0.15, 0.2) is 57.2 Å². The zero-order chi connectivity index (χ0) is 14.5. The van der Waals surface area contributed by atoms with Gasteiger partial charge in [-0.3, -0.25) is 4.79 Å². The summed E-state index contributed by atoms with van der Waals surface area (Å²) in [7, 11) is 0. The molecular weight excluding hydrogens is 326 g/mol. The number of hydrogen-bond acceptors (Lipinski definition) is 4. The van der Waals surface area contributed by atoms with Crippen molar-refractivity contribution >= 4 is 33.9 Å². The molecule has 0 saturated heterocycles. The number of carboxylic acids is 1. The number of nitrogens with one attached hydrogen (secondary N) is 1. The van der Waals surface area contributed by atoms with Gasteiger partial charge in [-0.25, -0.2) is 0 Å². The maximum atomic E-state index is 11.8. The standard InChI is InChI=1S/C14H10BrNO4/c15-12-7-6-11(20-12)13(17)16-10(14(18)19)8-9-4-2-1-3-5-9/h1-8H,(H,16,17)(H,18,19)/p-1/b10-8+. The van der Waals surface area contributed by atoms with E-state index in [0.29, 0.717) is 10.2 Å². The highest BCUT2D eigenvalue weighted by Gasteiger charge is 2.12. The average Bonchev–Trinajstić information content (AvgIpc) is 2.86. The molecule has 0 atom stereocenters. The number of carbonyl (C=O) groups is 2. The van der Waals surface area contributed by atoms with Crippen LogP contribution in [0.25, 0.3) is 6.08 Å². The van der Waals surface area contributed by atoms with Crippen molar-refractivity contribution in [3.63, 3.8) is 0 Å².